The van der Waals surface area contributed by atoms with Crippen LogP contribution in [0.25, 0.3) is 10.1 Å². The molecule has 1 aromatic carbocycles. The summed E-state index contributed by atoms with van der Waals surface area (Å²) in [7, 11) is 0. The van der Waals surface area contributed by atoms with Crippen LogP contribution in [-0.2, 0) is 4.79 Å². The van der Waals surface area contributed by atoms with Crippen LogP contribution in [0.3, 0.4) is 0 Å². The molecule has 0 saturated heterocycles. The molecule has 0 fully saturated rings. The van der Waals surface area contributed by atoms with E-state index in [4.69, 9.17) is 11.6 Å². The summed E-state index contributed by atoms with van der Waals surface area (Å²) >= 11 is 7.23. The van der Waals surface area contributed by atoms with Crippen molar-refractivity contribution in [1.29, 1.82) is 0 Å². The molecule has 1 aromatic heterocycles. The number of nitrogens with one attached hydrogen (secondary N) is 2. The van der Waals surface area contributed by atoms with Gasteiger partial charge in [-0.15, -0.1) is 11.3 Å². The molecule has 7 heteroatoms. The second-order valence-electron chi connectivity index (χ2n) is 4.79. The standard InChI is InChI=1S/C14H14ClFN2O2S/c1-7(2)18-11(19)6-17-14(20)13-12(15)9-4-3-8(16)5-10(9)21-13/h3-5,7H,6H2,1-2H3,(H,17,20)(H,18,19). The molecule has 2 N–H and O–H groups in total. The van der Waals surface area contributed by atoms with Gasteiger partial charge in [0.15, 0.2) is 0 Å². The van der Waals surface area contributed by atoms with Crippen molar-refractivity contribution in [3.05, 3.63) is 33.9 Å². The highest BCUT2D eigenvalue weighted by Gasteiger charge is 2.18. The maximum absolute atomic E-state index is 13.2. The van der Waals surface area contributed by atoms with Gasteiger partial charge in [0.2, 0.25) is 5.91 Å². The summed E-state index contributed by atoms with van der Waals surface area (Å²) < 4.78 is 13.8. The van der Waals surface area contributed by atoms with Gasteiger partial charge >= 0.3 is 0 Å². The first-order valence-corrected chi connectivity index (χ1v) is 7.53. The number of carbonyl (C=O) groups excluding carboxylic acids is 2. The first-order chi connectivity index (χ1) is 9.88. The number of hydrogen-bond donors (Lipinski definition) is 2. The molecule has 0 aliphatic heterocycles. The van der Waals surface area contributed by atoms with Crippen molar-refractivity contribution in [2.24, 2.45) is 0 Å². The lowest BCUT2D eigenvalue weighted by molar-refractivity contribution is -0.120. The van der Waals surface area contributed by atoms with E-state index in [1.807, 2.05) is 13.8 Å². The predicted octanol–water partition coefficient (Wildman–Crippen LogP) is 2.95. The Morgan fingerprint density at radius 1 is 1.38 bits per heavy atom. The number of benzene rings is 1. The molecule has 21 heavy (non-hydrogen) atoms. The highest BCUT2D eigenvalue weighted by Crippen LogP contribution is 2.35. The maximum atomic E-state index is 13.2. The number of thiophene rings is 1. The number of rotatable bonds is 4. The van der Waals surface area contributed by atoms with E-state index in [1.165, 1.54) is 18.2 Å². The fourth-order valence-electron chi connectivity index (χ4n) is 1.80. The Morgan fingerprint density at radius 3 is 2.76 bits per heavy atom. The molecule has 0 saturated carbocycles. The largest absolute Gasteiger partial charge is 0.352 e. The number of amides is 2. The summed E-state index contributed by atoms with van der Waals surface area (Å²) in [6, 6.07) is 4.16. The Kier molecular flexibility index (Phi) is 4.80. The summed E-state index contributed by atoms with van der Waals surface area (Å²) in [6.45, 7) is 3.53. The average molecular weight is 329 g/mol. The maximum Gasteiger partial charge on any atom is 0.263 e. The number of carbonyl (C=O) groups is 2. The minimum absolute atomic E-state index is 0.00490. The molecule has 0 radical (unpaired) electrons. The lowest BCUT2D eigenvalue weighted by atomic mass is 10.2. The van der Waals surface area contributed by atoms with Gasteiger partial charge in [0.25, 0.3) is 5.91 Å². The first kappa shape index (κ1) is 15.7. The average Bonchev–Trinajstić information content (AvgIpc) is 2.72. The molecule has 0 unspecified atom stereocenters. The SMILES string of the molecule is CC(C)NC(=O)CNC(=O)c1sc2cc(F)ccc2c1Cl. The van der Waals surface area contributed by atoms with E-state index in [9.17, 15) is 14.0 Å². The van der Waals surface area contributed by atoms with Crippen molar-refractivity contribution >= 4 is 44.8 Å². The lowest BCUT2D eigenvalue weighted by Gasteiger charge is -2.08. The molecule has 4 nitrogen and oxygen atoms in total. The Labute approximate surface area is 130 Å². The van der Waals surface area contributed by atoms with Crippen LogP contribution in [0, 0.1) is 5.82 Å². The summed E-state index contributed by atoms with van der Waals surface area (Å²) in [5.41, 5.74) is 0. The molecule has 0 atom stereocenters. The fourth-order valence-corrected chi connectivity index (χ4v) is 3.26. The zero-order chi connectivity index (χ0) is 15.6. The van der Waals surface area contributed by atoms with Crippen molar-refractivity contribution in [2.75, 3.05) is 6.54 Å². The minimum Gasteiger partial charge on any atom is -0.352 e. The van der Waals surface area contributed by atoms with E-state index in [-0.39, 0.29) is 34.2 Å². The third-order valence-electron chi connectivity index (χ3n) is 2.66. The molecule has 0 spiro atoms. The smallest absolute Gasteiger partial charge is 0.263 e. The zero-order valence-corrected chi connectivity index (χ0v) is 13.1. The van der Waals surface area contributed by atoms with Gasteiger partial charge < -0.3 is 10.6 Å². The van der Waals surface area contributed by atoms with Gasteiger partial charge in [-0.3, -0.25) is 9.59 Å². The monoisotopic (exact) mass is 328 g/mol. The van der Waals surface area contributed by atoms with Gasteiger partial charge in [-0.1, -0.05) is 11.6 Å². The van der Waals surface area contributed by atoms with Crippen LogP contribution >= 0.6 is 22.9 Å². The summed E-state index contributed by atoms with van der Waals surface area (Å²) in [4.78, 5) is 23.8. The van der Waals surface area contributed by atoms with Crippen LogP contribution in [0.4, 0.5) is 4.39 Å². The molecule has 1 heterocycles. The Balaban J connectivity index is 2.13. The molecular formula is C14H14ClFN2O2S. The first-order valence-electron chi connectivity index (χ1n) is 6.33. The van der Waals surface area contributed by atoms with E-state index < -0.39 is 5.91 Å². The molecular weight excluding hydrogens is 315 g/mol. The Hall–Kier alpha value is -1.66. The quantitative estimate of drug-likeness (QED) is 0.906. The van der Waals surface area contributed by atoms with Crippen molar-refractivity contribution in [3.8, 4) is 0 Å². The van der Waals surface area contributed by atoms with Crippen molar-refractivity contribution in [1.82, 2.24) is 10.6 Å². The van der Waals surface area contributed by atoms with Gasteiger partial charge in [0.05, 0.1) is 11.6 Å². The minimum atomic E-state index is -0.444. The van der Waals surface area contributed by atoms with E-state index in [0.717, 1.165) is 11.3 Å². The third-order valence-corrected chi connectivity index (χ3v) is 4.31. The van der Waals surface area contributed by atoms with Gasteiger partial charge in [-0.2, -0.15) is 0 Å². The molecule has 0 aliphatic carbocycles. The van der Waals surface area contributed by atoms with E-state index in [0.29, 0.717) is 10.1 Å². The molecule has 0 bridgehead atoms. The molecule has 2 amide bonds. The van der Waals surface area contributed by atoms with Crippen LogP contribution in [0.2, 0.25) is 5.02 Å². The molecule has 0 aliphatic rings. The fraction of sp³-hybridized carbons (Fsp3) is 0.286. The van der Waals surface area contributed by atoms with E-state index in [1.54, 1.807) is 0 Å². The van der Waals surface area contributed by atoms with Crippen molar-refractivity contribution in [3.63, 3.8) is 0 Å². The van der Waals surface area contributed by atoms with Crippen molar-refractivity contribution in [2.45, 2.75) is 19.9 Å². The Bertz CT molecular complexity index is 700. The summed E-state index contributed by atoms with van der Waals surface area (Å²) in [5.74, 6) is -1.11. The molecule has 2 rings (SSSR count). The second kappa shape index (κ2) is 6.41. The van der Waals surface area contributed by atoms with Crippen LogP contribution < -0.4 is 10.6 Å². The lowest BCUT2D eigenvalue weighted by Crippen LogP contribution is -2.39. The number of hydrogen-bond acceptors (Lipinski definition) is 3. The molecule has 112 valence electrons. The van der Waals surface area contributed by atoms with E-state index >= 15 is 0 Å². The van der Waals surface area contributed by atoms with Crippen LogP contribution in [0.5, 0.6) is 0 Å². The topological polar surface area (TPSA) is 58.2 Å². The van der Waals surface area contributed by atoms with Gasteiger partial charge in [0.1, 0.15) is 10.7 Å². The second-order valence-corrected chi connectivity index (χ2v) is 6.22. The normalized spacial score (nSPS) is 10.9. The van der Waals surface area contributed by atoms with E-state index in [2.05, 4.69) is 10.6 Å². The van der Waals surface area contributed by atoms with Gasteiger partial charge in [-0.25, -0.2) is 4.39 Å². The number of fused-ring (bicyclic) bond motifs is 1. The van der Waals surface area contributed by atoms with Gasteiger partial charge in [-0.05, 0) is 32.0 Å². The predicted molar refractivity (Wildman–Crippen MR) is 82.4 cm³/mol. The van der Waals surface area contributed by atoms with Gasteiger partial charge in [0, 0.05) is 16.1 Å². The van der Waals surface area contributed by atoms with Crippen LogP contribution in [-0.4, -0.2) is 24.4 Å². The number of halogens is 2. The van der Waals surface area contributed by atoms with Crippen LogP contribution in [0.15, 0.2) is 18.2 Å². The summed E-state index contributed by atoms with van der Waals surface area (Å²) in [5, 5.41) is 6.07. The van der Waals surface area contributed by atoms with Crippen molar-refractivity contribution < 1.29 is 14.0 Å². The summed E-state index contributed by atoms with van der Waals surface area (Å²) in [6.07, 6.45) is 0. The highest BCUT2D eigenvalue weighted by molar-refractivity contribution is 7.21. The third kappa shape index (κ3) is 3.71. The molecule has 2 aromatic rings. The highest BCUT2D eigenvalue weighted by atomic mass is 35.5. The zero-order valence-electron chi connectivity index (χ0n) is 11.5. The Morgan fingerprint density at radius 2 is 2.10 bits per heavy atom. The van der Waals surface area contributed by atoms with Crippen LogP contribution in [0.1, 0.15) is 23.5 Å².